The molecule has 2 bridgehead atoms. The predicted octanol–water partition coefficient (Wildman–Crippen LogP) is 0.873. The summed E-state index contributed by atoms with van der Waals surface area (Å²) in [4.78, 5) is 2.47. The fourth-order valence-electron chi connectivity index (χ4n) is 3.70. The van der Waals surface area contributed by atoms with Crippen LogP contribution in [0.15, 0.2) is 0 Å². The van der Waals surface area contributed by atoms with Crippen molar-refractivity contribution in [2.24, 2.45) is 0 Å². The number of piperidine rings is 2. The summed E-state index contributed by atoms with van der Waals surface area (Å²) in [5.41, 5.74) is 0. The molecule has 2 rings (SSSR count). The lowest BCUT2D eigenvalue weighted by Gasteiger charge is -2.49. The molecule has 2 heterocycles. The van der Waals surface area contributed by atoms with E-state index in [1.54, 1.807) is 14.1 Å². The molecule has 118 valence electrons. The van der Waals surface area contributed by atoms with Crippen LogP contribution in [0.4, 0.5) is 0 Å². The quantitative estimate of drug-likeness (QED) is 0.791. The minimum atomic E-state index is -3.08. The third-order valence-electron chi connectivity index (χ3n) is 4.78. The van der Waals surface area contributed by atoms with Crippen molar-refractivity contribution in [3.63, 3.8) is 0 Å². The molecule has 2 unspecified atom stereocenters. The summed E-state index contributed by atoms with van der Waals surface area (Å²) in [6.45, 7) is 3.87. The number of rotatable bonds is 6. The van der Waals surface area contributed by atoms with Gasteiger partial charge in [0.1, 0.15) is 0 Å². The number of nitrogens with one attached hydrogen (secondary N) is 1. The third-order valence-corrected chi connectivity index (χ3v) is 6.59. The number of nitrogens with zero attached hydrogens (tertiary/aromatic N) is 2. The summed E-state index contributed by atoms with van der Waals surface area (Å²) >= 11 is 0. The van der Waals surface area contributed by atoms with Crippen LogP contribution in [-0.2, 0) is 10.0 Å². The van der Waals surface area contributed by atoms with Crippen LogP contribution in [0.3, 0.4) is 0 Å². The van der Waals surface area contributed by atoms with Crippen molar-refractivity contribution >= 4 is 10.0 Å². The maximum Gasteiger partial charge on any atom is 0.214 e. The van der Waals surface area contributed by atoms with Gasteiger partial charge in [-0.25, -0.2) is 12.7 Å². The lowest BCUT2D eigenvalue weighted by Crippen LogP contribution is -2.57. The minimum absolute atomic E-state index is 0.249. The molecule has 6 heteroatoms. The van der Waals surface area contributed by atoms with Crippen LogP contribution in [0.25, 0.3) is 0 Å². The summed E-state index contributed by atoms with van der Waals surface area (Å²) in [6.07, 6.45) is 6.09. The van der Waals surface area contributed by atoms with Crippen molar-refractivity contribution in [2.75, 3.05) is 32.9 Å². The van der Waals surface area contributed by atoms with E-state index < -0.39 is 10.0 Å². The predicted molar refractivity (Wildman–Crippen MR) is 82.3 cm³/mol. The summed E-state index contributed by atoms with van der Waals surface area (Å²) < 4.78 is 25.2. The normalized spacial score (nSPS) is 31.7. The van der Waals surface area contributed by atoms with Crippen LogP contribution < -0.4 is 5.32 Å². The molecular weight excluding hydrogens is 274 g/mol. The number of fused-ring (bicyclic) bond motifs is 2. The van der Waals surface area contributed by atoms with Crippen molar-refractivity contribution in [3.05, 3.63) is 0 Å². The van der Waals surface area contributed by atoms with Crippen molar-refractivity contribution in [1.82, 2.24) is 14.5 Å². The maximum absolute atomic E-state index is 11.9. The fourth-order valence-corrected chi connectivity index (χ4v) is 4.51. The molecule has 2 aliphatic rings. The number of hydrogen-bond donors (Lipinski definition) is 1. The van der Waals surface area contributed by atoms with Crippen LogP contribution in [0.1, 0.15) is 39.0 Å². The summed E-state index contributed by atoms with van der Waals surface area (Å²) in [5.74, 6) is 0.249. The zero-order chi connectivity index (χ0) is 14.8. The zero-order valence-corrected chi connectivity index (χ0v) is 13.8. The van der Waals surface area contributed by atoms with Crippen molar-refractivity contribution in [2.45, 2.75) is 57.2 Å². The van der Waals surface area contributed by atoms with Gasteiger partial charge in [0.15, 0.2) is 0 Å². The second kappa shape index (κ2) is 6.73. The molecule has 2 aliphatic heterocycles. The van der Waals surface area contributed by atoms with E-state index in [1.165, 1.54) is 36.4 Å². The molecule has 5 nitrogen and oxygen atoms in total. The summed E-state index contributed by atoms with van der Waals surface area (Å²) in [7, 11) is 0.161. The molecule has 0 spiro atoms. The monoisotopic (exact) mass is 303 g/mol. The van der Waals surface area contributed by atoms with E-state index in [0.29, 0.717) is 24.7 Å². The average Bonchev–Trinajstić information content (AvgIpc) is 2.36. The van der Waals surface area contributed by atoms with Gasteiger partial charge in [0.2, 0.25) is 10.0 Å². The molecule has 0 aliphatic carbocycles. The minimum Gasteiger partial charge on any atom is -0.314 e. The Labute approximate surface area is 123 Å². The first-order valence-corrected chi connectivity index (χ1v) is 9.44. The number of sulfonamides is 1. The molecule has 0 aromatic heterocycles. The second-order valence-electron chi connectivity index (χ2n) is 6.30. The topological polar surface area (TPSA) is 52.7 Å². The van der Waals surface area contributed by atoms with Crippen LogP contribution in [-0.4, -0.2) is 68.7 Å². The average molecular weight is 303 g/mol. The Bertz CT molecular complexity index is 397. The van der Waals surface area contributed by atoms with Crippen LogP contribution in [0.5, 0.6) is 0 Å². The van der Waals surface area contributed by atoms with Crippen molar-refractivity contribution < 1.29 is 8.42 Å². The first-order chi connectivity index (χ1) is 9.44. The van der Waals surface area contributed by atoms with Gasteiger partial charge < -0.3 is 5.32 Å². The SMILES string of the molecule is CCNC1CC2CCCC(C1)N2CCS(=O)(=O)N(C)C. The molecule has 2 fully saturated rings. The van der Waals surface area contributed by atoms with Gasteiger partial charge in [0, 0.05) is 38.8 Å². The van der Waals surface area contributed by atoms with Crippen LogP contribution in [0.2, 0.25) is 0 Å². The Morgan fingerprint density at radius 2 is 1.80 bits per heavy atom. The van der Waals surface area contributed by atoms with Gasteiger partial charge in [-0.1, -0.05) is 13.3 Å². The van der Waals surface area contributed by atoms with Gasteiger partial charge in [-0.3, -0.25) is 4.90 Å². The van der Waals surface area contributed by atoms with Gasteiger partial charge in [0.25, 0.3) is 0 Å². The van der Waals surface area contributed by atoms with Crippen molar-refractivity contribution in [3.8, 4) is 0 Å². The van der Waals surface area contributed by atoms with E-state index in [1.807, 2.05) is 0 Å². The largest absolute Gasteiger partial charge is 0.314 e. The van der Waals surface area contributed by atoms with Crippen molar-refractivity contribution in [1.29, 1.82) is 0 Å². The lowest BCUT2D eigenvalue weighted by molar-refractivity contribution is 0.0302. The smallest absolute Gasteiger partial charge is 0.214 e. The van der Waals surface area contributed by atoms with Gasteiger partial charge in [-0.15, -0.1) is 0 Å². The van der Waals surface area contributed by atoms with Gasteiger partial charge in [0.05, 0.1) is 5.75 Å². The molecule has 0 saturated carbocycles. The molecule has 0 amide bonds. The molecule has 2 atom stereocenters. The Morgan fingerprint density at radius 3 is 2.30 bits per heavy atom. The standard InChI is InChI=1S/C14H29N3O2S/c1-4-15-12-10-13-6-5-7-14(11-12)17(13)8-9-20(18,19)16(2)3/h12-15H,4-11H2,1-3H3. The molecule has 0 radical (unpaired) electrons. The highest BCUT2D eigenvalue weighted by Gasteiger charge is 2.38. The van der Waals surface area contributed by atoms with E-state index in [0.717, 1.165) is 6.54 Å². The molecule has 2 saturated heterocycles. The van der Waals surface area contributed by atoms with Gasteiger partial charge in [-0.2, -0.15) is 0 Å². The second-order valence-corrected chi connectivity index (χ2v) is 8.60. The van der Waals surface area contributed by atoms with E-state index >= 15 is 0 Å². The number of hydrogen-bond acceptors (Lipinski definition) is 4. The van der Waals surface area contributed by atoms with Gasteiger partial charge in [-0.05, 0) is 32.2 Å². The summed E-state index contributed by atoms with van der Waals surface area (Å²) in [5, 5.41) is 3.57. The molecule has 1 N–H and O–H groups in total. The van der Waals surface area contributed by atoms with E-state index in [2.05, 4.69) is 17.1 Å². The maximum atomic E-state index is 11.9. The van der Waals surface area contributed by atoms with E-state index in [4.69, 9.17) is 0 Å². The molecule has 0 aromatic carbocycles. The van der Waals surface area contributed by atoms with Crippen LogP contribution >= 0.6 is 0 Å². The Morgan fingerprint density at radius 1 is 1.20 bits per heavy atom. The van der Waals surface area contributed by atoms with Crippen LogP contribution in [0, 0.1) is 0 Å². The molecule has 20 heavy (non-hydrogen) atoms. The fraction of sp³-hybridized carbons (Fsp3) is 1.00. The summed E-state index contributed by atoms with van der Waals surface area (Å²) in [6, 6.07) is 1.77. The highest BCUT2D eigenvalue weighted by molar-refractivity contribution is 7.89. The van der Waals surface area contributed by atoms with E-state index in [9.17, 15) is 8.42 Å². The Kier molecular flexibility index (Phi) is 5.45. The molecular formula is C14H29N3O2S. The Hall–Kier alpha value is -0.170. The first-order valence-electron chi connectivity index (χ1n) is 7.83. The molecule has 0 aromatic rings. The highest BCUT2D eigenvalue weighted by atomic mass is 32.2. The highest BCUT2D eigenvalue weighted by Crippen LogP contribution is 2.33. The lowest BCUT2D eigenvalue weighted by atomic mass is 9.82. The van der Waals surface area contributed by atoms with Gasteiger partial charge >= 0.3 is 0 Å². The first kappa shape index (κ1) is 16.2. The third kappa shape index (κ3) is 3.72. The van der Waals surface area contributed by atoms with E-state index in [-0.39, 0.29) is 5.75 Å². The Balaban J connectivity index is 1.95. The zero-order valence-electron chi connectivity index (χ0n) is 13.0.